The normalized spacial score (nSPS) is 14.3. The highest BCUT2D eigenvalue weighted by Crippen LogP contribution is 2.28. The highest BCUT2D eigenvalue weighted by Gasteiger charge is 2.26. The number of halogens is 1. The standard InChI is InChI=1S/C25H25ClN6O2/c26-19-5-3-17(4-6-19)14-29-25-30-16-21-22(31-25)7-10-27-23(21)32-11-8-18(9-12-32)24(33)28-15-20-2-1-13-34-20/h1-7,10,13,16,18H,8-9,11-12,14-15H2,(H,28,33)(H,29,30,31). The van der Waals surface area contributed by atoms with Gasteiger partial charge in [-0.15, -0.1) is 0 Å². The lowest BCUT2D eigenvalue weighted by atomic mass is 9.95. The van der Waals surface area contributed by atoms with Crippen LogP contribution in [0, 0.1) is 5.92 Å². The molecule has 5 rings (SSSR count). The average molecular weight is 477 g/mol. The molecular formula is C25H25ClN6O2. The second-order valence-electron chi connectivity index (χ2n) is 8.30. The maximum Gasteiger partial charge on any atom is 0.223 e. The van der Waals surface area contributed by atoms with Crippen molar-refractivity contribution in [3.8, 4) is 0 Å². The Bertz CT molecular complexity index is 1250. The van der Waals surface area contributed by atoms with E-state index in [9.17, 15) is 4.79 Å². The Hall–Kier alpha value is -3.65. The van der Waals surface area contributed by atoms with Gasteiger partial charge in [0.15, 0.2) is 0 Å². The molecule has 4 heterocycles. The van der Waals surface area contributed by atoms with Gasteiger partial charge in [0.1, 0.15) is 11.6 Å². The monoisotopic (exact) mass is 476 g/mol. The number of anilines is 2. The lowest BCUT2D eigenvalue weighted by Gasteiger charge is -2.32. The summed E-state index contributed by atoms with van der Waals surface area (Å²) < 4.78 is 5.29. The highest BCUT2D eigenvalue weighted by molar-refractivity contribution is 6.30. The first-order valence-electron chi connectivity index (χ1n) is 11.3. The van der Waals surface area contributed by atoms with Crippen molar-refractivity contribution in [3.05, 3.63) is 77.5 Å². The number of fused-ring (bicyclic) bond motifs is 1. The molecule has 3 aromatic heterocycles. The maximum absolute atomic E-state index is 12.5. The fourth-order valence-electron chi connectivity index (χ4n) is 4.15. The molecule has 1 aliphatic heterocycles. The molecule has 0 bridgehead atoms. The zero-order valence-electron chi connectivity index (χ0n) is 18.6. The fourth-order valence-corrected chi connectivity index (χ4v) is 4.27. The smallest absolute Gasteiger partial charge is 0.223 e. The summed E-state index contributed by atoms with van der Waals surface area (Å²) >= 11 is 5.95. The largest absolute Gasteiger partial charge is 0.467 e. The van der Waals surface area contributed by atoms with Crippen molar-refractivity contribution >= 4 is 40.2 Å². The number of carbonyl (C=O) groups is 1. The number of piperidine rings is 1. The summed E-state index contributed by atoms with van der Waals surface area (Å²) in [7, 11) is 0. The predicted molar refractivity (Wildman–Crippen MR) is 132 cm³/mol. The Morgan fingerprint density at radius 1 is 1.09 bits per heavy atom. The number of benzene rings is 1. The number of hydrogen-bond acceptors (Lipinski definition) is 7. The summed E-state index contributed by atoms with van der Waals surface area (Å²) in [4.78, 5) is 28.5. The molecule has 2 N–H and O–H groups in total. The number of amides is 1. The van der Waals surface area contributed by atoms with Crippen molar-refractivity contribution in [1.82, 2.24) is 20.3 Å². The third-order valence-electron chi connectivity index (χ3n) is 6.03. The summed E-state index contributed by atoms with van der Waals surface area (Å²) in [5.74, 6) is 2.23. The van der Waals surface area contributed by atoms with E-state index in [1.807, 2.05) is 48.7 Å². The molecule has 0 spiro atoms. The molecule has 0 radical (unpaired) electrons. The van der Waals surface area contributed by atoms with Gasteiger partial charge in [0.05, 0.1) is 23.7 Å². The number of hydrogen-bond donors (Lipinski definition) is 2. The van der Waals surface area contributed by atoms with Crippen molar-refractivity contribution in [2.45, 2.75) is 25.9 Å². The van der Waals surface area contributed by atoms with Gasteiger partial charge in [0.2, 0.25) is 11.9 Å². The van der Waals surface area contributed by atoms with Crippen LogP contribution < -0.4 is 15.5 Å². The van der Waals surface area contributed by atoms with Gasteiger partial charge >= 0.3 is 0 Å². The number of pyridine rings is 1. The van der Waals surface area contributed by atoms with Gasteiger partial charge in [-0.25, -0.2) is 15.0 Å². The minimum Gasteiger partial charge on any atom is -0.467 e. The van der Waals surface area contributed by atoms with E-state index in [4.69, 9.17) is 16.0 Å². The lowest BCUT2D eigenvalue weighted by molar-refractivity contribution is -0.125. The molecule has 0 atom stereocenters. The first-order chi connectivity index (χ1) is 16.7. The van der Waals surface area contributed by atoms with Crippen LogP contribution in [0.2, 0.25) is 5.02 Å². The Labute approximate surface area is 202 Å². The van der Waals surface area contributed by atoms with Crippen LogP contribution in [0.5, 0.6) is 0 Å². The van der Waals surface area contributed by atoms with E-state index < -0.39 is 0 Å². The van der Waals surface area contributed by atoms with Crippen molar-refractivity contribution in [3.63, 3.8) is 0 Å². The minimum absolute atomic E-state index is 0.0129. The van der Waals surface area contributed by atoms with E-state index in [0.29, 0.717) is 24.1 Å². The molecule has 0 unspecified atom stereocenters. The average Bonchev–Trinajstić information content (AvgIpc) is 3.40. The molecular weight excluding hydrogens is 452 g/mol. The number of nitrogens with one attached hydrogen (secondary N) is 2. The van der Waals surface area contributed by atoms with Gasteiger partial charge in [-0.1, -0.05) is 23.7 Å². The second kappa shape index (κ2) is 10.1. The fraction of sp³-hybridized carbons (Fsp3) is 0.280. The summed E-state index contributed by atoms with van der Waals surface area (Å²) in [6.45, 7) is 2.53. The van der Waals surface area contributed by atoms with Crippen molar-refractivity contribution in [2.24, 2.45) is 5.92 Å². The second-order valence-corrected chi connectivity index (χ2v) is 8.74. The molecule has 1 aromatic carbocycles. The van der Waals surface area contributed by atoms with Crippen LogP contribution in [0.1, 0.15) is 24.2 Å². The van der Waals surface area contributed by atoms with E-state index in [1.54, 1.807) is 12.5 Å². The zero-order valence-corrected chi connectivity index (χ0v) is 19.3. The molecule has 4 aromatic rings. The van der Waals surface area contributed by atoms with Crippen molar-refractivity contribution in [2.75, 3.05) is 23.3 Å². The van der Waals surface area contributed by atoms with E-state index in [2.05, 4.69) is 30.5 Å². The molecule has 0 saturated carbocycles. The topological polar surface area (TPSA) is 96.2 Å². The van der Waals surface area contributed by atoms with E-state index >= 15 is 0 Å². The van der Waals surface area contributed by atoms with Crippen LogP contribution >= 0.6 is 11.6 Å². The number of nitrogens with zero attached hydrogens (tertiary/aromatic N) is 4. The van der Waals surface area contributed by atoms with Crippen LogP contribution in [0.25, 0.3) is 10.9 Å². The van der Waals surface area contributed by atoms with E-state index in [-0.39, 0.29) is 11.8 Å². The van der Waals surface area contributed by atoms with Gasteiger partial charge in [0, 0.05) is 43.0 Å². The van der Waals surface area contributed by atoms with Gasteiger partial charge in [0.25, 0.3) is 0 Å². The van der Waals surface area contributed by atoms with Crippen LogP contribution in [0.3, 0.4) is 0 Å². The van der Waals surface area contributed by atoms with Gasteiger partial charge < -0.3 is 20.0 Å². The quantitative estimate of drug-likeness (QED) is 0.407. The molecule has 1 fully saturated rings. The minimum atomic E-state index is -0.0129. The first kappa shape index (κ1) is 22.2. The number of furan rings is 1. The lowest BCUT2D eigenvalue weighted by Crippen LogP contribution is -2.40. The van der Waals surface area contributed by atoms with Crippen LogP contribution in [-0.4, -0.2) is 33.9 Å². The Morgan fingerprint density at radius 3 is 2.68 bits per heavy atom. The van der Waals surface area contributed by atoms with Crippen LogP contribution in [-0.2, 0) is 17.9 Å². The summed E-state index contributed by atoms with van der Waals surface area (Å²) in [6.07, 6.45) is 6.74. The highest BCUT2D eigenvalue weighted by atomic mass is 35.5. The Morgan fingerprint density at radius 2 is 1.91 bits per heavy atom. The first-order valence-corrected chi connectivity index (χ1v) is 11.7. The number of carbonyl (C=O) groups excluding carboxylic acids is 1. The molecule has 1 amide bonds. The molecule has 1 aliphatic rings. The van der Waals surface area contributed by atoms with E-state index in [1.165, 1.54) is 0 Å². The van der Waals surface area contributed by atoms with Gasteiger partial charge in [-0.3, -0.25) is 4.79 Å². The van der Waals surface area contributed by atoms with Crippen molar-refractivity contribution < 1.29 is 9.21 Å². The summed E-state index contributed by atoms with van der Waals surface area (Å²) in [5, 5.41) is 7.85. The number of rotatable bonds is 7. The van der Waals surface area contributed by atoms with Crippen LogP contribution in [0.4, 0.5) is 11.8 Å². The Balaban J connectivity index is 1.21. The predicted octanol–water partition coefficient (Wildman–Crippen LogP) is 4.42. The summed E-state index contributed by atoms with van der Waals surface area (Å²) in [5.41, 5.74) is 1.93. The van der Waals surface area contributed by atoms with Crippen LogP contribution in [0.15, 0.2) is 65.5 Å². The van der Waals surface area contributed by atoms with Crippen molar-refractivity contribution in [1.29, 1.82) is 0 Å². The maximum atomic E-state index is 12.5. The van der Waals surface area contributed by atoms with Gasteiger partial charge in [-0.05, 0) is 48.7 Å². The molecule has 8 nitrogen and oxygen atoms in total. The van der Waals surface area contributed by atoms with Gasteiger partial charge in [-0.2, -0.15) is 0 Å². The molecule has 174 valence electrons. The third kappa shape index (κ3) is 5.12. The molecule has 9 heteroatoms. The van der Waals surface area contributed by atoms with E-state index in [0.717, 1.165) is 54.0 Å². The number of aromatic nitrogens is 3. The third-order valence-corrected chi connectivity index (χ3v) is 6.29. The zero-order chi connectivity index (χ0) is 23.3. The summed E-state index contributed by atoms with van der Waals surface area (Å²) in [6, 6.07) is 13.2. The molecule has 34 heavy (non-hydrogen) atoms. The SMILES string of the molecule is O=C(NCc1ccco1)C1CCN(c2nccc3nc(NCc4ccc(Cl)cc4)ncc23)CC1. The molecule has 1 saturated heterocycles. The molecule has 0 aliphatic carbocycles. The Kier molecular flexibility index (Phi) is 6.58.